The van der Waals surface area contributed by atoms with E-state index in [-0.39, 0.29) is 5.91 Å². The Morgan fingerprint density at radius 3 is 2.72 bits per heavy atom. The summed E-state index contributed by atoms with van der Waals surface area (Å²) in [7, 11) is 1.50. The maximum atomic E-state index is 14.3. The van der Waals surface area contributed by atoms with Crippen LogP contribution in [0.15, 0.2) is 67.1 Å². The van der Waals surface area contributed by atoms with Crippen molar-refractivity contribution in [1.29, 1.82) is 0 Å². The third-order valence-electron chi connectivity index (χ3n) is 8.12. The van der Waals surface area contributed by atoms with Gasteiger partial charge < -0.3 is 15.0 Å². The molecule has 4 aromatic heterocycles. The molecule has 0 aliphatic heterocycles. The molecule has 10 heteroatoms. The number of hydrogen-bond donors (Lipinski definition) is 3. The number of carbonyl (C=O) groups is 1. The molecule has 3 N–H and O–H groups in total. The van der Waals surface area contributed by atoms with E-state index in [4.69, 9.17) is 9.72 Å². The van der Waals surface area contributed by atoms with Crippen LogP contribution in [0.2, 0.25) is 0 Å². The van der Waals surface area contributed by atoms with Crippen LogP contribution in [0.5, 0.6) is 5.75 Å². The second kappa shape index (κ2) is 11.3. The Morgan fingerprint density at radius 2 is 1.86 bits per heavy atom. The van der Waals surface area contributed by atoms with Crippen molar-refractivity contribution in [3.05, 3.63) is 72.9 Å². The molecule has 1 aliphatic carbocycles. The molecule has 4 heterocycles. The normalized spacial score (nSPS) is 13.9. The number of hydrogen-bond acceptors (Lipinski definition) is 6. The molecule has 1 aliphatic rings. The van der Waals surface area contributed by atoms with Gasteiger partial charge in [0.15, 0.2) is 5.82 Å². The van der Waals surface area contributed by atoms with Crippen LogP contribution in [-0.2, 0) is 4.79 Å². The van der Waals surface area contributed by atoms with E-state index in [9.17, 15) is 9.18 Å². The average molecular weight is 576 g/mol. The molecule has 0 radical (unpaired) electrons. The molecule has 1 amide bonds. The zero-order chi connectivity index (χ0) is 29.3. The van der Waals surface area contributed by atoms with E-state index in [0.717, 1.165) is 40.4 Å². The summed E-state index contributed by atoms with van der Waals surface area (Å²) in [6, 6.07) is 14.2. The summed E-state index contributed by atoms with van der Waals surface area (Å²) >= 11 is 0. The number of benzene rings is 2. The fourth-order valence-electron chi connectivity index (χ4n) is 5.98. The van der Waals surface area contributed by atoms with E-state index in [1.807, 2.05) is 30.3 Å². The predicted molar refractivity (Wildman–Crippen MR) is 164 cm³/mol. The summed E-state index contributed by atoms with van der Waals surface area (Å²) in [5.41, 5.74) is 6.40. The van der Waals surface area contributed by atoms with Crippen molar-refractivity contribution in [2.24, 2.45) is 5.92 Å². The standard InChI is InChI=1S/C33H30FN7O2/c1-43-25-14-21(12-23(34)16-25)30-32-28(9-10-36-30)38-33(39-32)31-26-15-20(7-8-27(26)40-41-31)22-13-24(18-35-17-22)37-29(42)11-19-5-3-2-4-6-19/h7-10,12-19H,2-6,11H2,1H3,(H,37,42)(H,38,39)(H,40,41). The van der Waals surface area contributed by atoms with Crippen molar-refractivity contribution in [2.75, 3.05) is 12.4 Å². The second-order valence-electron chi connectivity index (χ2n) is 11.1. The number of H-pyrrole nitrogens is 2. The summed E-state index contributed by atoms with van der Waals surface area (Å²) < 4.78 is 19.5. The Labute approximate surface area is 247 Å². The third kappa shape index (κ3) is 5.43. The number of fused-ring (bicyclic) bond motifs is 2. The number of nitrogens with zero attached hydrogens (tertiary/aromatic N) is 4. The van der Waals surface area contributed by atoms with Crippen LogP contribution in [0, 0.1) is 11.7 Å². The van der Waals surface area contributed by atoms with Gasteiger partial charge in [0.2, 0.25) is 5.91 Å². The highest BCUT2D eigenvalue weighted by Crippen LogP contribution is 2.34. The van der Waals surface area contributed by atoms with Gasteiger partial charge in [-0.3, -0.25) is 19.9 Å². The van der Waals surface area contributed by atoms with Crippen molar-refractivity contribution >= 4 is 33.5 Å². The van der Waals surface area contributed by atoms with E-state index in [0.29, 0.717) is 52.1 Å². The molecule has 0 saturated heterocycles. The lowest BCUT2D eigenvalue weighted by Crippen LogP contribution is -2.18. The zero-order valence-electron chi connectivity index (χ0n) is 23.7. The predicted octanol–water partition coefficient (Wildman–Crippen LogP) is 7.29. The van der Waals surface area contributed by atoms with Gasteiger partial charge in [0.1, 0.15) is 22.8 Å². The summed E-state index contributed by atoms with van der Waals surface area (Å²) in [6.45, 7) is 0. The third-order valence-corrected chi connectivity index (χ3v) is 8.12. The molecule has 0 atom stereocenters. The lowest BCUT2D eigenvalue weighted by Gasteiger charge is -2.20. The van der Waals surface area contributed by atoms with E-state index in [1.165, 1.54) is 38.5 Å². The first-order valence-electron chi connectivity index (χ1n) is 14.5. The van der Waals surface area contributed by atoms with Crippen LogP contribution in [0.1, 0.15) is 38.5 Å². The average Bonchev–Trinajstić information content (AvgIpc) is 3.65. The number of aromatic amines is 2. The first-order valence-corrected chi connectivity index (χ1v) is 14.5. The minimum Gasteiger partial charge on any atom is -0.497 e. The van der Waals surface area contributed by atoms with Crippen molar-refractivity contribution in [3.8, 4) is 39.7 Å². The van der Waals surface area contributed by atoms with Crippen LogP contribution in [0.25, 0.3) is 55.8 Å². The minimum absolute atomic E-state index is 0.0360. The lowest BCUT2D eigenvalue weighted by atomic mass is 9.87. The number of imidazole rings is 1. The SMILES string of the molecule is COc1cc(F)cc(-c2nccc3[nH]c(-c4n[nH]c5ccc(-c6cncc(NC(=O)CC7CCCCC7)c6)cc45)nc23)c1. The molecule has 0 unspecified atom stereocenters. The number of anilines is 1. The van der Waals surface area contributed by atoms with E-state index in [2.05, 4.69) is 30.5 Å². The van der Waals surface area contributed by atoms with E-state index >= 15 is 0 Å². The minimum atomic E-state index is -0.419. The first-order chi connectivity index (χ1) is 21.0. The smallest absolute Gasteiger partial charge is 0.224 e. The number of amides is 1. The molecule has 216 valence electrons. The summed E-state index contributed by atoms with van der Waals surface area (Å²) in [5, 5.41) is 11.6. The Kier molecular flexibility index (Phi) is 7.02. The van der Waals surface area contributed by atoms with Crippen molar-refractivity contribution in [1.82, 2.24) is 30.1 Å². The van der Waals surface area contributed by atoms with Crippen LogP contribution in [-0.4, -0.2) is 43.2 Å². The van der Waals surface area contributed by atoms with Gasteiger partial charge in [-0.05, 0) is 60.7 Å². The van der Waals surface area contributed by atoms with Gasteiger partial charge in [0.05, 0.1) is 35.7 Å². The Hall–Kier alpha value is -5.12. The monoisotopic (exact) mass is 575 g/mol. The quantitative estimate of drug-likeness (QED) is 0.184. The van der Waals surface area contributed by atoms with E-state index in [1.54, 1.807) is 24.7 Å². The number of halogens is 1. The summed E-state index contributed by atoms with van der Waals surface area (Å²) in [5.74, 6) is 1.04. The maximum Gasteiger partial charge on any atom is 0.224 e. The molecule has 0 bridgehead atoms. The molecule has 1 fully saturated rings. The van der Waals surface area contributed by atoms with Gasteiger partial charge in [0, 0.05) is 41.4 Å². The summed E-state index contributed by atoms with van der Waals surface area (Å²) in [6.07, 6.45) is 11.6. The molecule has 0 spiro atoms. The van der Waals surface area contributed by atoms with E-state index < -0.39 is 5.82 Å². The van der Waals surface area contributed by atoms with Gasteiger partial charge in [-0.2, -0.15) is 5.10 Å². The molecule has 43 heavy (non-hydrogen) atoms. The van der Waals surface area contributed by atoms with Crippen LogP contribution in [0.4, 0.5) is 10.1 Å². The number of aromatic nitrogens is 6. The summed E-state index contributed by atoms with van der Waals surface area (Å²) in [4.78, 5) is 29.8. The van der Waals surface area contributed by atoms with Crippen LogP contribution >= 0.6 is 0 Å². The highest BCUT2D eigenvalue weighted by atomic mass is 19.1. The fourth-order valence-corrected chi connectivity index (χ4v) is 5.98. The first kappa shape index (κ1) is 26.8. The van der Waals surface area contributed by atoms with Gasteiger partial charge in [-0.1, -0.05) is 25.3 Å². The number of rotatable bonds is 7. The highest BCUT2D eigenvalue weighted by molar-refractivity contribution is 5.98. The highest BCUT2D eigenvalue weighted by Gasteiger charge is 2.19. The van der Waals surface area contributed by atoms with Crippen molar-refractivity contribution in [2.45, 2.75) is 38.5 Å². The van der Waals surface area contributed by atoms with Gasteiger partial charge in [0.25, 0.3) is 0 Å². The lowest BCUT2D eigenvalue weighted by molar-refractivity contribution is -0.117. The molecular formula is C33H30FN7O2. The zero-order valence-corrected chi connectivity index (χ0v) is 23.7. The molecule has 1 saturated carbocycles. The molecular weight excluding hydrogens is 545 g/mol. The Balaban J connectivity index is 1.20. The Bertz CT molecular complexity index is 1960. The largest absolute Gasteiger partial charge is 0.497 e. The van der Waals surface area contributed by atoms with Gasteiger partial charge in [-0.15, -0.1) is 0 Å². The van der Waals surface area contributed by atoms with Crippen molar-refractivity contribution < 1.29 is 13.9 Å². The van der Waals surface area contributed by atoms with Crippen molar-refractivity contribution in [3.63, 3.8) is 0 Å². The number of carbonyl (C=O) groups excluding carboxylic acids is 1. The topological polar surface area (TPSA) is 121 Å². The molecule has 6 aromatic rings. The Morgan fingerprint density at radius 1 is 0.977 bits per heavy atom. The molecule has 9 nitrogen and oxygen atoms in total. The number of pyridine rings is 2. The number of methoxy groups -OCH3 is 1. The van der Waals surface area contributed by atoms with Gasteiger partial charge >= 0.3 is 0 Å². The second-order valence-corrected chi connectivity index (χ2v) is 11.1. The van der Waals surface area contributed by atoms with Crippen LogP contribution in [0.3, 0.4) is 0 Å². The maximum absolute atomic E-state index is 14.3. The number of nitrogens with one attached hydrogen (secondary N) is 3. The number of ether oxygens (including phenoxy) is 1. The van der Waals surface area contributed by atoms with Gasteiger partial charge in [-0.25, -0.2) is 9.37 Å². The molecule has 2 aromatic carbocycles. The molecule has 7 rings (SSSR count). The van der Waals surface area contributed by atoms with Crippen LogP contribution < -0.4 is 10.1 Å². The fraction of sp³-hybridized carbons (Fsp3) is 0.242.